The molecule has 0 unspecified atom stereocenters. The van der Waals surface area contributed by atoms with Crippen LogP contribution in [0.15, 0.2) is 59.5 Å². The lowest BCUT2D eigenvalue weighted by Gasteiger charge is -2.09. The largest absolute Gasteiger partial charge is 0.351 e. The third-order valence-electron chi connectivity index (χ3n) is 4.00. The van der Waals surface area contributed by atoms with Gasteiger partial charge in [-0.15, -0.1) is 0 Å². The van der Waals surface area contributed by atoms with E-state index in [9.17, 15) is 13.2 Å². The number of sulfonamides is 1. The Morgan fingerprint density at radius 3 is 2.65 bits per heavy atom. The first-order valence-electron chi connectivity index (χ1n) is 8.48. The van der Waals surface area contributed by atoms with Crippen LogP contribution in [0.4, 0.5) is 5.69 Å². The van der Waals surface area contributed by atoms with Crippen molar-refractivity contribution in [1.82, 2.24) is 9.71 Å². The SMILES string of the molecule is CCCCNS(=O)(=O)c1cccc(NC(=O)c2cc3ccccc3[nH]2)c1. The van der Waals surface area contributed by atoms with E-state index in [1.54, 1.807) is 18.2 Å². The summed E-state index contributed by atoms with van der Waals surface area (Å²) in [6.45, 7) is 2.39. The number of hydrogen-bond acceptors (Lipinski definition) is 3. The van der Waals surface area contributed by atoms with E-state index in [2.05, 4.69) is 15.0 Å². The zero-order chi connectivity index (χ0) is 18.6. The second kappa shape index (κ2) is 7.72. The van der Waals surface area contributed by atoms with Gasteiger partial charge in [-0.3, -0.25) is 4.79 Å². The van der Waals surface area contributed by atoms with Crippen LogP contribution in [0.3, 0.4) is 0 Å². The predicted octanol–water partition coefficient (Wildman–Crippen LogP) is 3.50. The molecule has 0 spiro atoms. The first-order valence-corrected chi connectivity index (χ1v) is 9.97. The Hall–Kier alpha value is -2.64. The number of carbonyl (C=O) groups is 1. The second-order valence-electron chi connectivity index (χ2n) is 6.00. The minimum absolute atomic E-state index is 0.128. The average molecular weight is 371 g/mol. The molecule has 3 rings (SSSR count). The number of amides is 1. The lowest BCUT2D eigenvalue weighted by Crippen LogP contribution is -2.24. The molecular weight excluding hydrogens is 350 g/mol. The van der Waals surface area contributed by atoms with Gasteiger partial charge in [0.1, 0.15) is 5.69 Å². The summed E-state index contributed by atoms with van der Waals surface area (Å²) in [4.78, 5) is 15.6. The summed E-state index contributed by atoms with van der Waals surface area (Å²) in [6, 6.07) is 15.6. The maximum atomic E-state index is 12.4. The molecule has 0 aliphatic heterocycles. The predicted molar refractivity (Wildman–Crippen MR) is 103 cm³/mol. The Morgan fingerprint density at radius 1 is 1.08 bits per heavy atom. The minimum Gasteiger partial charge on any atom is -0.351 e. The summed E-state index contributed by atoms with van der Waals surface area (Å²) < 4.78 is 27.2. The molecule has 0 fully saturated rings. The monoisotopic (exact) mass is 371 g/mol. The number of anilines is 1. The summed E-state index contributed by atoms with van der Waals surface area (Å²) >= 11 is 0. The van der Waals surface area contributed by atoms with Gasteiger partial charge in [-0.2, -0.15) is 0 Å². The van der Waals surface area contributed by atoms with E-state index in [1.165, 1.54) is 12.1 Å². The van der Waals surface area contributed by atoms with Crippen molar-refractivity contribution in [3.63, 3.8) is 0 Å². The van der Waals surface area contributed by atoms with E-state index in [-0.39, 0.29) is 10.8 Å². The molecule has 1 heterocycles. The van der Waals surface area contributed by atoms with Crippen LogP contribution in [0.25, 0.3) is 10.9 Å². The number of aromatic amines is 1. The van der Waals surface area contributed by atoms with E-state index < -0.39 is 10.0 Å². The summed E-state index contributed by atoms with van der Waals surface area (Å²) in [5, 5.41) is 3.68. The van der Waals surface area contributed by atoms with Crippen molar-refractivity contribution >= 4 is 32.5 Å². The van der Waals surface area contributed by atoms with Crippen molar-refractivity contribution in [2.75, 3.05) is 11.9 Å². The summed E-state index contributed by atoms with van der Waals surface area (Å²) in [5.74, 6) is -0.324. The fourth-order valence-electron chi connectivity index (χ4n) is 2.60. The molecule has 0 saturated carbocycles. The van der Waals surface area contributed by atoms with Crippen molar-refractivity contribution in [2.45, 2.75) is 24.7 Å². The molecule has 2 aromatic carbocycles. The molecule has 0 bridgehead atoms. The molecule has 6 nitrogen and oxygen atoms in total. The molecule has 0 aliphatic carbocycles. The topological polar surface area (TPSA) is 91.1 Å². The van der Waals surface area contributed by atoms with Gasteiger partial charge in [0.15, 0.2) is 0 Å². The van der Waals surface area contributed by atoms with Crippen molar-refractivity contribution < 1.29 is 13.2 Å². The number of para-hydroxylation sites is 1. The van der Waals surface area contributed by atoms with Crippen LogP contribution >= 0.6 is 0 Å². The number of nitrogens with one attached hydrogen (secondary N) is 3. The lowest BCUT2D eigenvalue weighted by atomic mass is 10.2. The number of carbonyl (C=O) groups excluding carboxylic acids is 1. The van der Waals surface area contributed by atoms with Gasteiger partial charge in [0.2, 0.25) is 10.0 Å². The van der Waals surface area contributed by atoms with Crippen LogP contribution in [0.2, 0.25) is 0 Å². The van der Waals surface area contributed by atoms with Crippen LogP contribution in [0.5, 0.6) is 0 Å². The second-order valence-corrected chi connectivity index (χ2v) is 7.77. The molecule has 3 N–H and O–H groups in total. The Kier molecular flexibility index (Phi) is 5.39. The standard InChI is InChI=1S/C19H21N3O3S/c1-2-3-11-20-26(24,25)16-9-6-8-15(13-16)21-19(23)18-12-14-7-4-5-10-17(14)22-18/h4-10,12-13,20,22H,2-3,11H2,1H3,(H,21,23). The van der Waals surface area contributed by atoms with E-state index in [4.69, 9.17) is 0 Å². The number of rotatable bonds is 7. The molecule has 136 valence electrons. The van der Waals surface area contributed by atoms with Crippen LogP contribution in [-0.4, -0.2) is 25.9 Å². The molecule has 26 heavy (non-hydrogen) atoms. The van der Waals surface area contributed by atoms with Gasteiger partial charge >= 0.3 is 0 Å². The average Bonchev–Trinajstić information content (AvgIpc) is 3.06. The zero-order valence-corrected chi connectivity index (χ0v) is 15.3. The molecular formula is C19H21N3O3S. The third kappa shape index (κ3) is 4.12. The Morgan fingerprint density at radius 2 is 1.88 bits per heavy atom. The number of fused-ring (bicyclic) bond motifs is 1. The molecule has 1 aromatic heterocycles. The Bertz CT molecular complexity index is 992. The number of hydrogen-bond donors (Lipinski definition) is 3. The maximum Gasteiger partial charge on any atom is 0.272 e. The van der Waals surface area contributed by atoms with E-state index in [0.717, 1.165) is 23.7 Å². The first-order chi connectivity index (χ1) is 12.5. The highest BCUT2D eigenvalue weighted by atomic mass is 32.2. The van der Waals surface area contributed by atoms with Crippen LogP contribution in [-0.2, 0) is 10.0 Å². The van der Waals surface area contributed by atoms with Gasteiger partial charge in [-0.25, -0.2) is 13.1 Å². The van der Waals surface area contributed by atoms with Crippen LogP contribution in [0, 0.1) is 0 Å². The molecule has 0 radical (unpaired) electrons. The van der Waals surface area contributed by atoms with E-state index in [1.807, 2.05) is 31.2 Å². The third-order valence-corrected chi connectivity index (χ3v) is 5.46. The normalized spacial score (nSPS) is 11.6. The van der Waals surface area contributed by atoms with Crippen molar-refractivity contribution in [3.05, 3.63) is 60.3 Å². The maximum absolute atomic E-state index is 12.4. The first kappa shape index (κ1) is 18.2. The molecule has 0 aliphatic rings. The highest BCUT2D eigenvalue weighted by Crippen LogP contribution is 2.18. The summed E-state index contributed by atoms with van der Waals surface area (Å²) in [7, 11) is -3.59. The van der Waals surface area contributed by atoms with Gasteiger partial charge in [0, 0.05) is 23.1 Å². The number of H-pyrrole nitrogens is 1. The van der Waals surface area contributed by atoms with E-state index >= 15 is 0 Å². The van der Waals surface area contributed by atoms with Gasteiger partial charge < -0.3 is 10.3 Å². The smallest absolute Gasteiger partial charge is 0.272 e. The van der Waals surface area contributed by atoms with Crippen LogP contribution in [0.1, 0.15) is 30.3 Å². The number of unbranched alkanes of at least 4 members (excludes halogenated alkanes) is 1. The minimum atomic E-state index is -3.59. The van der Waals surface area contributed by atoms with Crippen molar-refractivity contribution in [2.24, 2.45) is 0 Å². The number of benzene rings is 2. The van der Waals surface area contributed by atoms with E-state index in [0.29, 0.717) is 17.9 Å². The molecule has 0 atom stereocenters. The highest BCUT2D eigenvalue weighted by Gasteiger charge is 2.15. The van der Waals surface area contributed by atoms with Gasteiger partial charge in [-0.05, 0) is 36.8 Å². The van der Waals surface area contributed by atoms with Gasteiger partial charge in [0.05, 0.1) is 4.90 Å². The fourth-order valence-corrected chi connectivity index (χ4v) is 3.72. The van der Waals surface area contributed by atoms with Crippen molar-refractivity contribution in [1.29, 1.82) is 0 Å². The summed E-state index contributed by atoms with van der Waals surface area (Å²) in [6.07, 6.45) is 1.68. The Balaban J connectivity index is 1.76. The molecule has 3 aromatic rings. The number of aromatic nitrogens is 1. The Labute approximate surface area is 152 Å². The zero-order valence-electron chi connectivity index (χ0n) is 14.5. The lowest BCUT2D eigenvalue weighted by molar-refractivity contribution is 0.102. The quantitative estimate of drug-likeness (QED) is 0.555. The highest BCUT2D eigenvalue weighted by molar-refractivity contribution is 7.89. The fraction of sp³-hybridized carbons (Fsp3) is 0.211. The molecule has 7 heteroatoms. The van der Waals surface area contributed by atoms with Crippen molar-refractivity contribution in [3.8, 4) is 0 Å². The van der Waals surface area contributed by atoms with Gasteiger partial charge in [-0.1, -0.05) is 37.6 Å². The summed E-state index contributed by atoms with van der Waals surface area (Å²) in [5.41, 5.74) is 1.71. The van der Waals surface area contributed by atoms with Crippen LogP contribution < -0.4 is 10.0 Å². The molecule has 0 saturated heterocycles. The molecule has 1 amide bonds. The van der Waals surface area contributed by atoms with Gasteiger partial charge in [0.25, 0.3) is 5.91 Å².